The number of hydrogen-bond acceptors (Lipinski definition) is 10. The minimum Gasteiger partial charge on any atom is -1.00 e. The third-order valence-corrected chi connectivity index (χ3v) is 19.6. The van der Waals surface area contributed by atoms with Gasteiger partial charge in [0.15, 0.2) is 5.78 Å². The topological polar surface area (TPSA) is 149 Å². The fourth-order valence-electron chi connectivity index (χ4n) is 15.2. The van der Waals surface area contributed by atoms with E-state index in [0.717, 1.165) is 150 Å². The molecule has 8 aromatic rings. The van der Waals surface area contributed by atoms with Crippen molar-refractivity contribution in [2.24, 2.45) is 0 Å². The summed E-state index contributed by atoms with van der Waals surface area (Å²) < 4.78 is 10.0. The molecule has 0 bridgehead atoms. The molecule has 0 aromatic heterocycles. The van der Waals surface area contributed by atoms with Gasteiger partial charge in [-0.25, -0.2) is 4.58 Å². The number of halogens is 1. The lowest BCUT2D eigenvalue weighted by Crippen LogP contribution is -3.00. The van der Waals surface area contributed by atoms with Crippen LogP contribution in [0.25, 0.3) is 38.2 Å². The van der Waals surface area contributed by atoms with Crippen LogP contribution in [-0.4, -0.2) is 102 Å². The summed E-state index contributed by atoms with van der Waals surface area (Å²) in [5.41, 5.74) is 18.6. The number of nitrogens with one attached hydrogen (secondary N) is 1. The Balaban J connectivity index is 0.00000800. The Morgan fingerprint density at radius 1 is 0.593 bits per heavy atom. The molecular formula is C76H82B2ClN5O7. The van der Waals surface area contributed by atoms with E-state index in [1.807, 2.05) is 36.4 Å². The molecule has 0 radical (unpaired) electrons. The van der Waals surface area contributed by atoms with E-state index in [1.165, 1.54) is 55.2 Å². The molecule has 0 fully saturated rings. The average molecular weight is 1230 g/mol. The van der Waals surface area contributed by atoms with E-state index in [9.17, 15) is 29.7 Å². The van der Waals surface area contributed by atoms with E-state index in [0.29, 0.717) is 87.1 Å². The van der Waals surface area contributed by atoms with Gasteiger partial charge >= 0.3 is 14.2 Å². The predicted octanol–water partition coefficient (Wildman–Crippen LogP) is 5.86. The number of Topliss-reactive ketones (excluding diaryl/α,β-unsaturated/α-hetero) is 1. The van der Waals surface area contributed by atoms with Crippen LogP contribution in [0.2, 0.25) is 0 Å². The first-order chi connectivity index (χ1) is 43.8. The maximum absolute atomic E-state index is 12.9. The number of aryl methyl sites for hydroxylation is 2. The number of hydrogen-bond donors (Lipinski definition) is 5. The Morgan fingerprint density at radius 2 is 1.16 bits per heavy atom. The van der Waals surface area contributed by atoms with Gasteiger partial charge in [0.1, 0.15) is 24.6 Å². The second-order valence-corrected chi connectivity index (χ2v) is 25.8. The number of carbonyl (C=O) groups excluding carboxylic acids is 2. The standard InChI is InChI=1S/C76H81B2N5O7.ClH/c1-49(2)70(84)28-11-12-36-80(45-56-18-5-9-26-68(56)77(86)87)48-67-59-23-8-7-22-58(59)66(47-81(37-17-35-79-76(85)50(3)4)46-57-19-6-10-27-69(57)78(88)89)60-34-33-53(42-63(60)67)51-29-31-52(32-30-51)71-64-43-54-20-13-38-82-40-15-24-61(72(54)82)74(64)90-75-62-25-16-41-83-39-14-21-55(73(62)83)44-65(71)75;/h5-10,18-19,22-23,26-27,29-34,42-44,86-89H,1,3,11-17,20-21,24-25,28,35-41,45-48H2,2,4H3;1H. The molecule has 8 aromatic carbocycles. The number of fused-ring (bicyclic) bond motifs is 6. The summed E-state index contributed by atoms with van der Waals surface area (Å²) in [6.07, 6.45) is 11.2. The first-order valence-corrected chi connectivity index (χ1v) is 32.7. The van der Waals surface area contributed by atoms with E-state index < -0.39 is 14.2 Å². The van der Waals surface area contributed by atoms with E-state index in [1.54, 1.807) is 26.0 Å². The van der Waals surface area contributed by atoms with Crippen LogP contribution in [0.3, 0.4) is 0 Å². The summed E-state index contributed by atoms with van der Waals surface area (Å²) in [5.74, 6) is 1.98. The van der Waals surface area contributed by atoms with Crippen molar-refractivity contribution in [3.05, 3.63) is 218 Å². The van der Waals surface area contributed by atoms with Gasteiger partial charge in [0.05, 0.1) is 5.56 Å². The van der Waals surface area contributed by atoms with Crippen molar-refractivity contribution in [2.45, 2.75) is 117 Å². The molecule has 5 heterocycles. The van der Waals surface area contributed by atoms with Gasteiger partial charge in [0.2, 0.25) is 11.3 Å². The molecule has 0 aliphatic carbocycles. The Morgan fingerprint density at radius 3 is 1.82 bits per heavy atom. The van der Waals surface area contributed by atoms with Crippen molar-refractivity contribution < 1.29 is 46.8 Å². The molecule has 1 amide bonds. The first-order valence-electron chi connectivity index (χ1n) is 32.7. The Kier molecular flexibility index (Phi) is 19.3. The Bertz CT molecular complexity index is 4290. The van der Waals surface area contributed by atoms with Gasteiger partial charge in [-0.15, -0.1) is 0 Å². The predicted molar refractivity (Wildman–Crippen MR) is 364 cm³/mol. The number of allylic oxidation sites excluding steroid dienone is 1. The summed E-state index contributed by atoms with van der Waals surface area (Å²) in [6.45, 7) is 19.2. The van der Waals surface area contributed by atoms with Crippen LogP contribution >= 0.6 is 0 Å². The van der Waals surface area contributed by atoms with Gasteiger partial charge < -0.3 is 47.5 Å². The van der Waals surface area contributed by atoms with Crippen molar-refractivity contribution in [2.75, 3.05) is 50.7 Å². The summed E-state index contributed by atoms with van der Waals surface area (Å²) >= 11 is 0. The van der Waals surface area contributed by atoms with Gasteiger partial charge in [-0.2, -0.15) is 0 Å². The third-order valence-electron chi connectivity index (χ3n) is 19.6. The molecule has 12 nitrogen and oxygen atoms in total. The van der Waals surface area contributed by atoms with E-state index in [-0.39, 0.29) is 24.1 Å². The highest BCUT2D eigenvalue weighted by Crippen LogP contribution is 2.49. The van der Waals surface area contributed by atoms with Crippen molar-refractivity contribution in [3.8, 4) is 22.6 Å². The van der Waals surface area contributed by atoms with Crippen molar-refractivity contribution in [3.63, 3.8) is 0 Å². The van der Waals surface area contributed by atoms with Crippen LogP contribution in [-0.2, 0) is 61.5 Å². The van der Waals surface area contributed by atoms with Crippen LogP contribution in [0.15, 0.2) is 152 Å². The summed E-state index contributed by atoms with van der Waals surface area (Å²) in [4.78, 5) is 32.9. The molecule has 13 rings (SSSR count). The molecule has 0 spiro atoms. The number of ether oxygens (including phenoxy) is 1. The van der Waals surface area contributed by atoms with E-state index in [2.05, 4.69) is 117 Å². The largest absolute Gasteiger partial charge is 1.00 e. The normalized spacial score (nSPS) is 14.5. The van der Waals surface area contributed by atoms with Gasteiger partial charge in [0, 0.05) is 110 Å². The van der Waals surface area contributed by atoms with Crippen LogP contribution in [0, 0.1) is 0 Å². The second kappa shape index (κ2) is 27.7. The van der Waals surface area contributed by atoms with E-state index >= 15 is 0 Å². The first kappa shape index (κ1) is 63.5. The third kappa shape index (κ3) is 13.0. The quantitative estimate of drug-likeness (QED) is 0.0174. The molecule has 5 N–H and O–H groups in total. The summed E-state index contributed by atoms with van der Waals surface area (Å²) in [6, 6.07) is 44.7. The number of carbonyl (C=O) groups is 2. The smallest absolute Gasteiger partial charge is 0.488 e. The maximum Gasteiger partial charge on any atom is 0.488 e. The van der Waals surface area contributed by atoms with E-state index in [4.69, 9.17) is 4.74 Å². The number of amides is 1. The zero-order chi connectivity index (χ0) is 62.2. The second-order valence-electron chi connectivity index (χ2n) is 25.8. The fourth-order valence-corrected chi connectivity index (χ4v) is 15.2. The molecule has 5 aliphatic heterocycles. The Hall–Kier alpha value is -7.65. The number of ketones is 1. The number of unbranched alkanes of at least 4 members (excludes halogenated alkanes) is 1. The molecule has 15 heteroatoms. The highest BCUT2D eigenvalue weighted by molar-refractivity contribution is 6.59. The zero-order valence-corrected chi connectivity index (χ0v) is 53.4. The van der Waals surface area contributed by atoms with Gasteiger partial charge in [-0.05, 0) is 179 Å². The lowest BCUT2D eigenvalue weighted by Gasteiger charge is -2.39. The Labute approximate surface area is 541 Å². The van der Waals surface area contributed by atoms with Gasteiger partial charge in [-0.3, -0.25) is 19.4 Å². The minimum absolute atomic E-state index is 0. The fraction of sp³-hybridized carbons (Fsp3) is 0.329. The highest BCUT2D eigenvalue weighted by atomic mass is 35.5. The monoisotopic (exact) mass is 1230 g/mol. The molecular weight excluding hydrogens is 1150 g/mol. The lowest BCUT2D eigenvalue weighted by molar-refractivity contribution is -0.117. The summed E-state index contributed by atoms with van der Waals surface area (Å²) in [5, 5.41) is 52.5. The van der Waals surface area contributed by atoms with Crippen molar-refractivity contribution in [1.82, 2.24) is 19.7 Å². The number of nitrogens with zero attached hydrogens (tertiary/aromatic N) is 4. The maximum atomic E-state index is 12.9. The van der Waals surface area contributed by atoms with Crippen molar-refractivity contribution >= 4 is 69.7 Å². The minimum atomic E-state index is -1.65. The SMILES string of the molecule is C=C(C)C(=O)CCCCN(Cc1ccccc1B(O)O)Cc1c2ccccc2c(CN(CCCNC(=O)C(=C)C)Cc2ccccc2B(O)O)c2ccc(-c3ccc(C4=c5cc6c7c(c5Oc5c4cc4c8c5CCCN8CCC4)CCC[N+]=7CCC6)cc3)cc12.[Cl-]. The van der Waals surface area contributed by atoms with Gasteiger partial charge in [0.25, 0.3) is 0 Å². The number of rotatable bonds is 23. The highest BCUT2D eigenvalue weighted by Gasteiger charge is 2.36. The molecule has 0 saturated heterocycles. The molecule has 0 unspecified atom stereocenters. The average Bonchev–Trinajstić information content (AvgIpc) is 0.735. The molecule has 0 atom stereocenters. The number of benzene rings is 8. The molecule has 5 aliphatic rings. The molecule has 91 heavy (non-hydrogen) atoms. The van der Waals surface area contributed by atoms with Crippen molar-refractivity contribution in [1.29, 1.82) is 0 Å². The molecule has 466 valence electrons. The number of anilines is 1. The van der Waals surface area contributed by atoms with Crippen LogP contribution in [0.4, 0.5) is 5.69 Å². The van der Waals surface area contributed by atoms with Crippen LogP contribution in [0.5, 0.6) is 11.5 Å². The van der Waals surface area contributed by atoms with Crippen LogP contribution < -0.4 is 53.4 Å². The lowest BCUT2D eigenvalue weighted by atomic mass is 9.77. The molecule has 0 saturated carbocycles. The summed E-state index contributed by atoms with van der Waals surface area (Å²) in [7, 11) is -3.30. The van der Waals surface area contributed by atoms with Crippen LogP contribution in [0.1, 0.15) is 121 Å². The zero-order valence-electron chi connectivity index (χ0n) is 52.6. The van der Waals surface area contributed by atoms with Gasteiger partial charge in [-0.1, -0.05) is 122 Å².